The number of hydrogen-bond donors (Lipinski definition) is 2. The molecule has 0 unspecified atom stereocenters. The van der Waals surface area contributed by atoms with E-state index in [1.54, 1.807) is 7.11 Å². The van der Waals surface area contributed by atoms with Gasteiger partial charge in [-0.05, 0) is 36.6 Å². The third-order valence-electron chi connectivity index (χ3n) is 2.99. The summed E-state index contributed by atoms with van der Waals surface area (Å²) in [6.07, 6.45) is 2.71. The van der Waals surface area contributed by atoms with Crippen LogP contribution in [-0.2, 0) is 16.0 Å². The number of rotatable bonds is 9. The number of benzene rings is 1. The number of carbonyl (C=O) groups excluding carboxylic acids is 1. The van der Waals surface area contributed by atoms with Crippen LogP contribution in [-0.4, -0.2) is 30.6 Å². The first-order chi connectivity index (χ1) is 10.0. The van der Waals surface area contributed by atoms with Gasteiger partial charge in [-0.3, -0.25) is 9.59 Å². The maximum Gasteiger partial charge on any atom is 0.303 e. The lowest BCUT2D eigenvalue weighted by Gasteiger charge is -2.08. The Morgan fingerprint density at radius 2 is 2.05 bits per heavy atom. The molecule has 0 aliphatic heterocycles. The highest BCUT2D eigenvalue weighted by atomic mass is 79.9. The molecule has 0 heterocycles. The van der Waals surface area contributed by atoms with E-state index in [1.165, 1.54) is 0 Å². The van der Waals surface area contributed by atoms with Crippen LogP contribution in [0.4, 0.5) is 0 Å². The molecule has 21 heavy (non-hydrogen) atoms. The SMILES string of the molecule is COc1ccc(Br)c(CC(=O)NCCCCCC(=O)O)c1. The number of carboxylic acid groups (broad SMARTS) is 1. The minimum atomic E-state index is -0.776. The van der Waals surface area contributed by atoms with Crippen molar-refractivity contribution in [3.8, 4) is 5.75 Å². The lowest BCUT2D eigenvalue weighted by atomic mass is 10.1. The zero-order valence-electron chi connectivity index (χ0n) is 12.0. The average Bonchev–Trinajstić information content (AvgIpc) is 2.44. The summed E-state index contributed by atoms with van der Waals surface area (Å²) in [5.41, 5.74) is 0.873. The summed E-state index contributed by atoms with van der Waals surface area (Å²) in [5.74, 6) is -0.112. The van der Waals surface area contributed by atoms with Crippen LogP contribution in [0, 0.1) is 0 Å². The fourth-order valence-corrected chi connectivity index (χ4v) is 2.24. The molecular weight excluding hydrogens is 338 g/mol. The number of nitrogens with one attached hydrogen (secondary N) is 1. The molecule has 0 aliphatic carbocycles. The molecule has 6 heteroatoms. The second-order valence-corrected chi connectivity index (χ2v) is 5.54. The van der Waals surface area contributed by atoms with Gasteiger partial charge >= 0.3 is 5.97 Å². The van der Waals surface area contributed by atoms with E-state index in [4.69, 9.17) is 9.84 Å². The number of carbonyl (C=O) groups is 2. The van der Waals surface area contributed by atoms with Gasteiger partial charge < -0.3 is 15.2 Å². The van der Waals surface area contributed by atoms with Crippen LogP contribution in [0.5, 0.6) is 5.75 Å². The fraction of sp³-hybridized carbons (Fsp3) is 0.467. The van der Waals surface area contributed by atoms with Gasteiger partial charge in [0, 0.05) is 17.4 Å². The van der Waals surface area contributed by atoms with Crippen LogP contribution in [0.2, 0.25) is 0 Å². The molecule has 1 aromatic carbocycles. The van der Waals surface area contributed by atoms with Crippen molar-refractivity contribution < 1.29 is 19.4 Å². The Labute approximate surface area is 132 Å². The maximum absolute atomic E-state index is 11.8. The highest BCUT2D eigenvalue weighted by Crippen LogP contribution is 2.22. The van der Waals surface area contributed by atoms with Crippen molar-refractivity contribution in [2.45, 2.75) is 32.1 Å². The summed E-state index contributed by atoms with van der Waals surface area (Å²) >= 11 is 3.41. The standard InChI is InChI=1S/C15H20BrNO4/c1-21-12-6-7-13(16)11(9-12)10-14(18)17-8-4-2-3-5-15(19)20/h6-7,9H,2-5,8,10H2,1H3,(H,17,18)(H,19,20). The molecule has 0 spiro atoms. The van der Waals surface area contributed by atoms with E-state index in [2.05, 4.69) is 21.2 Å². The first kappa shape index (κ1) is 17.5. The Morgan fingerprint density at radius 1 is 1.29 bits per heavy atom. The Bertz CT molecular complexity index is 491. The van der Waals surface area contributed by atoms with Crippen LogP contribution in [0.3, 0.4) is 0 Å². The molecule has 0 radical (unpaired) electrons. The number of ether oxygens (including phenoxy) is 1. The summed E-state index contributed by atoms with van der Waals surface area (Å²) in [6, 6.07) is 5.51. The quantitative estimate of drug-likeness (QED) is 0.666. The monoisotopic (exact) mass is 357 g/mol. The lowest BCUT2D eigenvalue weighted by molar-refractivity contribution is -0.137. The predicted octanol–water partition coefficient (Wildman–Crippen LogP) is 2.76. The lowest BCUT2D eigenvalue weighted by Crippen LogP contribution is -2.26. The van der Waals surface area contributed by atoms with E-state index in [9.17, 15) is 9.59 Å². The van der Waals surface area contributed by atoms with Gasteiger partial charge in [-0.15, -0.1) is 0 Å². The number of carboxylic acids is 1. The highest BCUT2D eigenvalue weighted by Gasteiger charge is 2.08. The fourth-order valence-electron chi connectivity index (χ4n) is 1.85. The van der Waals surface area contributed by atoms with E-state index in [0.29, 0.717) is 13.0 Å². The minimum Gasteiger partial charge on any atom is -0.497 e. The van der Waals surface area contributed by atoms with Crippen molar-refractivity contribution in [3.63, 3.8) is 0 Å². The Morgan fingerprint density at radius 3 is 2.71 bits per heavy atom. The zero-order valence-corrected chi connectivity index (χ0v) is 13.6. The van der Waals surface area contributed by atoms with Crippen molar-refractivity contribution in [2.75, 3.05) is 13.7 Å². The normalized spacial score (nSPS) is 10.2. The van der Waals surface area contributed by atoms with Crippen molar-refractivity contribution in [2.24, 2.45) is 0 Å². The maximum atomic E-state index is 11.8. The third kappa shape index (κ3) is 7.13. The molecular formula is C15H20BrNO4. The highest BCUT2D eigenvalue weighted by molar-refractivity contribution is 9.10. The minimum absolute atomic E-state index is 0.0535. The topological polar surface area (TPSA) is 75.6 Å². The number of unbranched alkanes of at least 4 members (excludes halogenated alkanes) is 2. The van der Waals surface area contributed by atoms with Gasteiger partial charge in [0.05, 0.1) is 13.5 Å². The first-order valence-corrected chi connectivity index (χ1v) is 7.63. The molecule has 0 atom stereocenters. The summed E-state index contributed by atoms with van der Waals surface area (Å²) in [5, 5.41) is 11.3. The molecule has 1 aromatic rings. The molecule has 1 rings (SSSR count). The molecule has 2 N–H and O–H groups in total. The van der Waals surface area contributed by atoms with E-state index in [-0.39, 0.29) is 18.7 Å². The van der Waals surface area contributed by atoms with Gasteiger partial charge in [0.15, 0.2) is 0 Å². The van der Waals surface area contributed by atoms with Crippen molar-refractivity contribution >= 4 is 27.8 Å². The Kier molecular flexibility index (Phi) is 7.82. The smallest absolute Gasteiger partial charge is 0.303 e. The van der Waals surface area contributed by atoms with E-state index in [1.807, 2.05) is 18.2 Å². The number of amides is 1. The molecule has 0 saturated heterocycles. The van der Waals surface area contributed by atoms with E-state index >= 15 is 0 Å². The van der Waals surface area contributed by atoms with Crippen molar-refractivity contribution in [3.05, 3.63) is 28.2 Å². The number of aliphatic carboxylic acids is 1. The third-order valence-corrected chi connectivity index (χ3v) is 3.77. The van der Waals surface area contributed by atoms with Crippen LogP contribution >= 0.6 is 15.9 Å². The van der Waals surface area contributed by atoms with Crippen molar-refractivity contribution in [1.29, 1.82) is 0 Å². The second-order valence-electron chi connectivity index (χ2n) is 4.69. The van der Waals surface area contributed by atoms with Crippen LogP contribution in [0.1, 0.15) is 31.2 Å². The first-order valence-electron chi connectivity index (χ1n) is 6.84. The van der Waals surface area contributed by atoms with Gasteiger partial charge in [-0.1, -0.05) is 22.4 Å². The van der Waals surface area contributed by atoms with Gasteiger partial charge in [0.2, 0.25) is 5.91 Å². The number of hydrogen-bond acceptors (Lipinski definition) is 3. The molecule has 0 fully saturated rings. The number of halogens is 1. The summed E-state index contributed by atoms with van der Waals surface area (Å²) in [7, 11) is 1.59. The predicted molar refractivity (Wildman–Crippen MR) is 83.5 cm³/mol. The summed E-state index contributed by atoms with van der Waals surface area (Å²) in [6.45, 7) is 0.569. The molecule has 0 aliphatic rings. The molecule has 0 aromatic heterocycles. The molecule has 0 saturated carbocycles. The molecule has 116 valence electrons. The summed E-state index contributed by atoms with van der Waals surface area (Å²) in [4.78, 5) is 22.2. The zero-order chi connectivity index (χ0) is 15.7. The second kappa shape index (κ2) is 9.39. The van der Waals surface area contributed by atoms with Gasteiger partial charge in [-0.25, -0.2) is 0 Å². The number of methoxy groups -OCH3 is 1. The van der Waals surface area contributed by atoms with Crippen LogP contribution in [0.15, 0.2) is 22.7 Å². The molecule has 5 nitrogen and oxygen atoms in total. The molecule has 0 bridgehead atoms. The largest absolute Gasteiger partial charge is 0.497 e. The van der Waals surface area contributed by atoms with Crippen LogP contribution < -0.4 is 10.1 Å². The average molecular weight is 358 g/mol. The van der Waals surface area contributed by atoms with Crippen LogP contribution in [0.25, 0.3) is 0 Å². The molecule has 1 amide bonds. The Balaban J connectivity index is 2.29. The Hall–Kier alpha value is -1.56. The van der Waals surface area contributed by atoms with Gasteiger partial charge in [0.1, 0.15) is 5.75 Å². The van der Waals surface area contributed by atoms with E-state index in [0.717, 1.165) is 28.6 Å². The van der Waals surface area contributed by atoms with Crippen molar-refractivity contribution in [1.82, 2.24) is 5.32 Å². The van der Waals surface area contributed by atoms with Gasteiger partial charge in [0.25, 0.3) is 0 Å². The summed E-state index contributed by atoms with van der Waals surface area (Å²) < 4.78 is 6.01. The van der Waals surface area contributed by atoms with E-state index < -0.39 is 5.97 Å². The van der Waals surface area contributed by atoms with Gasteiger partial charge in [-0.2, -0.15) is 0 Å².